The molecule has 2 aromatic heterocycles. The van der Waals surface area contributed by atoms with E-state index in [1.54, 1.807) is 35.5 Å². The van der Waals surface area contributed by atoms with Crippen molar-refractivity contribution in [3.8, 4) is 0 Å². The molecule has 0 bridgehead atoms. The van der Waals surface area contributed by atoms with Crippen LogP contribution in [0.3, 0.4) is 0 Å². The standard InChI is InChI=1S/C15H16ClN3O/c1-11(2)19(10-12-5-4-8-17-9-12)15(20)13-6-3-7-14(16)18-13/h3-9,11H,10H2,1-2H3. The molecule has 0 aromatic carbocycles. The highest BCUT2D eigenvalue weighted by molar-refractivity contribution is 6.29. The van der Waals surface area contributed by atoms with Gasteiger partial charge in [0.2, 0.25) is 0 Å². The van der Waals surface area contributed by atoms with Crippen LogP contribution in [-0.4, -0.2) is 26.8 Å². The van der Waals surface area contributed by atoms with Gasteiger partial charge in [-0.25, -0.2) is 4.98 Å². The third-order valence-electron chi connectivity index (χ3n) is 2.89. The zero-order valence-corrected chi connectivity index (χ0v) is 12.2. The van der Waals surface area contributed by atoms with Crippen LogP contribution in [0.4, 0.5) is 0 Å². The van der Waals surface area contributed by atoms with Crippen molar-refractivity contribution in [2.75, 3.05) is 0 Å². The summed E-state index contributed by atoms with van der Waals surface area (Å²) in [6.45, 7) is 4.44. The molecule has 20 heavy (non-hydrogen) atoms. The molecule has 0 N–H and O–H groups in total. The second-order valence-corrected chi connectivity index (χ2v) is 5.12. The summed E-state index contributed by atoms with van der Waals surface area (Å²) in [5, 5.41) is 0.320. The summed E-state index contributed by atoms with van der Waals surface area (Å²) < 4.78 is 0. The van der Waals surface area contributed by atoms with E-state index in [9.17, 15) is 4.79 Å². The van der Waals surface area contributed by atoms with E-state index in [-0.39, 0.29) is 11.9 Å². The topological polar surface area (TPSA) is 46.1 Å². The average molecular weight is 290 g/mol. The highest BCUT2D eigenvalue weighted by Crippen LogP contribution is 2.13. The quantitative estimate of drug-likeness (QED) is 0.812. The van der Waals surface area contributed by atoms with Crippen molar-refractivity contribution in [3.05, 3.63) is 59.1 Å². The fourth-order valence-electron chi connectivity index (χ4n) is 1.85. The third-order valence-corrected chi connectivity index (χ3v) is 3.10. The minimum Gasteiger partial charge on any atom is -0.331 e. The van der Waals surface area contributed by atoms with E-state index in [0.29, 0.717) is 17.4 Å². The van der Waals surface area contributed by atoms with E-state index in [2.05, 4.69) is 9.97 Å². The summed E-state index contributed by atoms with van der Waals surface area (Å²) in [4.78, 5) is 22.4. The first-order valence-electron chi connectivity index (χ1n) is 6.40. The zero-order valence-electron chi connectivity index (χ0n) is 11.5. The van der Waals surface area contributed by atoms with Crippen molar-refractivity contribution >= 4 is 17.5 Å². The first-order valence-corrected chi connectivity index (χ1v) is 6.78. The van der Waals surface area contributed by atoms with Gasteiger partial charge in [-0.3, -0.25) is 9.78 Å². The van der Waals surface area contributed by atoms with Crippen molar-refractivity contribution in [1.29, 1.82) is 0 Å². The molecular weight excluding hydrogens is 274 g/mol. The molecule has 2 heterocycles. The highest BCUT2D eigenvalue weighted by Gasteiger charge is 2.20. The van der Waals surface area contributed by atoms with Crippen molar-refractivity contribution < 1.29 is 4.79 Å². The summed E-state index contributed by atoms with van der Waals surface area (Å²) >= 11 is 5.84. The minimum atomic E-state index is -0.133. The molecule has 1 amide bonds. The lowest BCUT2D eigenvalue weighted by atomic mass is 10.2. The van der Waals surface area contributed by atoms with Gasteiger partial charge in [0.25, 0.3) is 5.91 Å². The van der Waals surface area contributed by atoms with Crippen molar-refractivity contribution in [3.63, 3.8) is 0 Å². The molecule has 0 unspecified atom stereocenters. The molecule has 0 spiro atoms. The molecule has 5 heteroatoms. The Kier molecular flexibility index (Phi) is 4.69. The van der Waals surface area contributed by atoms with Gasteiger partial charge in [0.1, 0.15) is 10.8 Å². The number of halogens is 1. The molecule has 0 aliphatic carbocycles. The molecule has 0 saturated heterocycles. The summed E-state index contributed by atoms with van der Waals surface area (Å²) in [5.74, 6) is -0.133. The second-order valence-electron chi connectivity index (χ2n) is 4.73. The smallest absolute Gasteiger partial charge is 0.273 e. The Hall–Kier alpha value is -1.94. The van der Waals surface area contributed by atoms with E-state index in [1.807, 2.05) is 26.0 Å². The molecule has 0 radical (unpaired) electrons. The van der Waals surface area contributed by atoms with Gasteiger partial charge < -0.3 is 4.90 Å². The van der Waals surface area contributed by atoms with Gasteiger partial charge in [0.05, 0.1) is 0 Å². The molecule has 0 aliphatic rings. The molecule has 2 rings (SSSR count). The molecule has 0 aliphatic heterocycles. The summed E-state index contributed by atoms with van der Waals surface area (Å²) in [6, 6.07) is 8.91. The van der Waals surface area contributed by atoms with Crippen molar-refractivity contribution in [2.24, 2.45) is 0 Å². The highest BCUT2D eigenvalue weighted by atomic mass is 35.5. The Morgan fingerprint density at radius 1 is 1.30 bits per heavy atom. The Morgan fingerprint density at radius 3 is 2.70 bits per heavy atom. The summed E-state index contributed by atoms with van der Waals surface area (Å²) in [5.41, 5.74) is 1.34. The molecule has 4 nitrogen and oxygen atoms in total. The summed E-state index contributed by atoms with van der Waals surface area (Å²) in [6.07, 6.45) is 3.47. The van der Waals surface area contributed by atoms with Crippen LogP contribution in [0.5, 0.6) is 0 Å². The van der Waals surface area contributed by atoms with Gasteiger partial charge in [-0.15, -0.1) is 0 Å². The molecular formula is C15H16ClN3O. The minimum absolute atomic E-state index is 0.0588. The first kappa shape index (κ1) is 14.5. The van der Waals surface area contributed by atoms with Crippen LogP contribution in [0.15, 0.2) is 42.7 Å². The van der Waals surface area contributed by atoms with Crippen LogP contribution in [0.1, 0.15) is 29.9 Å². The van der Waals surface area contributed by atoms with Gasteiger partial charge >= 0.3 is 0 Å². The predicted octanol–water partition coefficient (Wildman–Crippen LogP) is 3.18. The van der Waals surface area contributed by atoms with Crippen molar-refractivity contribution in [1.82, 2.24) is 14.9 Å². The zero-order chi connectivity index (χ0) is 14.5. The maximum Gasteiger partial charge on any atom is 0.273 e. The average Bonchev–Trinajstić information content (AvgIpc) is 2.45. The molecule has 0 saturated carbocycles. The maximum absolute atomic E-state index is 12.5. The SMILES string of the molecule is CC(C)N(Cc1cccnc1)C(=O)c1cccc(Cl)n1. The number of hydrogen-bond acceptors (Lipinski definition) is 3. The fourth-order valence-corrected chi connectivity index (χ4v) is 2.02. The van der Waals surface area contributed by atoms with Gasteiger partial charge in [0.15, 0.2) is 0 Å². The predicted molar refractivity (Wildman–Crippen MR) is 78.5 cm³/mol. The van der Waals surface area contributed by atoms with Gasteiger partial charge in [-0.05, 0) is 37.6 Å². The van der Waals surface area contributed by atoms with Crippen LogP contribution >= 0.6 is 11.6 Å². The third kappa shape index (κ3) is 3.54. The Balaban J connectivity index is 2.23. The van der Waals surface area contributed by atoms with E-state index in [4.69, 9.17) is 11.6 Å². The number of carbonyl (C=O) groups excluding carboxylic acids is 1. The van der Waals surface area contributed by atoms with Gasteiger partial charge in [0, 0.05) is 25.0 Å². The monoisotopic (exact) mass is 289 g/mol. The van der Waals surface area contributed by atoms with Crippen LogP contribution in [-0.2, 0) is 6.54 Å². The normalized spacial score (nSPS) is 10.6. The molecule has 0 fully saturated rings. The number of pyridine rings is 2. The van der Waals surface area contributed by atoms with Gasteiger partial charge in [-0.1, -0.05) is 23.7 Å². The molecule has 104 valence electrons. The van der Waals surface area contributed by atoms with E-state index < -0.39 is 0 Å². The largest absolute Gasteiger partial charge is 0.331 e. The molecule has 2 aromatic rings. The number of nitrogens with zero attached hydrogens (tertiary/aromatic N) is 3. The number of aromatic nitrogens is 2. The van der Waals surface area contributed by atoms with E-state index in [0.717, 1.165) is 5.56 Å². The Morgan fingerprint density at radius 2 is 2.10 bits per heavy atom. The van der Waals surface area contributed by atoms with Crippen LogP contribution in [0.2, 0.25) is 5.15 Å². The van der Waals surface area contributed by atoms with Crippen LogP contribution < -0.4 is 0 Å². The number of rotatable bonds is 4. The Bertz CT molecular complexity index is 587. The maximum atomic E-state index is 12.5. The first-order chi connectivity index (χ1) is 9.58. The number of carbonyl (C=O) groups is 1. The van der Waals surface area contributed by atoms with Crippen LogP contribution in [0.25, 0.3) is 0 Å². The fraction of sp³-hybridized carbons (Fsp3) is 0.267. The lowest BCUT2D eigenvalue weighted by Crippen LogP contribution is -2.36. The molecule has 0 atom stereocenters. The summed E-state index contributed by atoms with van der Waals surface area (Å²) in [7, 11) is 0. The van der Waals surface area contributed by atoms with Crippen LogP contribution in [0, 0.1) is 0 Å². The number of hydrogen-bond donors (Lipinski definition) is 0. The lowest BCUT2D eigenvalue weighted by Gasteiger charge is -2.26. The lowest BCUT2D eigenvalue weighted by molar-refractivity contribution is 0.0684. The Labute approximate surface area is 123 Å². The van der Waals surface area contributed by atoms with Crippen molar-refractivity contribution in [2.45, 2.75) is 26.4 Å². The van der Waals surface area contributed by atoms with Gasteiger partial charge in [-0.2, -0.15) is 0 Å². The number of amides is 1. The van der Waals surface area contributed by atoms with E-state index in [1.165, 1.54) is 0 Å². The second kappa shape index (κ2) is 6.48. The van der Waals surface area contributed by atoms with E-state index >= 15 is 0 Å².